The van der Waals surface area contributed by atoms with Crippen LogP contribution in [0.5, 0.6) is 0 Å². The fourth-order valence-electron chi connectivity index (χ4n) is 2.42. The Morgan fingerprint density at radius 3 is 2.82 bits per heavy atom. The van der Waals surface area contributed by atoms with Crippen LogP contribution in [0.25, 0.3) is 0 Å². The summed E-state index contributed by atoms with van der Waals surface area (Å²) in [7, 11) is 0. The second kappa shape index (κ2) is 4.34. The molecule has 0 radical (unpaired) electrons. The molecule has 0 fully saturated rings. The van der Waals surface area contributed by atoms with Gasteiger partial charge in [0, 0.05) is 30.9 Å². The lowest BCUT2D eigenvalue weighted by molar-refractivity contribution is 0.577. The first-order valence-electron chi connectivity index (χ1n) is 6.14. The van der Waals surface area contributed by atoms with Gasteiger partial charge in [0.1, 0.15) is 0 Å². The number of nitrogens with zero attached hydrogens (tertiary/aromatic N) is 2. The first-order chi connectivity index (χ1) is 8.34. The Hall–Kier alpha value is -1.61. The van der Waals surface area contributed by atoms with Crippen LogP contribution in [-0.4, -0.2) is 9.78 Å². The van der Waals surface area contributed by atoms with E-state index in [1.165, 1.54) is 22.5 Å². The minimum Gasteiger partial charge on any atom is -0.307 e. The number of hydrogen-bond acceptors (Lipinski definition) is 2. The summed E-state index contributed by atoms with van der Waals surface area (Å²) in [6.45, 7) is 5.05. The van der Waals surface area contributed by atoms with Gasteiger partial charge in [0.25, 0.3) is 0 Å². The number of nitrogens with one attached hydrogen (secondary N) is 1. The molecule has 0 bridgehead atoms. The quantitative estimate of drug-likeness (QED) is 0.869. The predicted molar refractivity (Wildman–Crippen MR) is 67.7 cm³/mol. The zero-order chi connectivity index (χ0) is 11.7. The van der Waals surface area contributed by atoms with Crippen molar-refractivity contribution in [3.8, 4) is 0 Å². The van der Waals surface area contributed by atoms with Gasteiger partial charge in [-0.1, -0.05) is 30.3 Å². The molecule has 17 heavy (non-hydrogen) atoms. The Morgan fingerprint density at radius 2 is 2.06 bits per heavy atom. The Bertz CT molecular complexity index is 514. The summed E-state index contributed by atoms with van der Waals surface area (Å²) in [6.07, 6.45) is 1.05. The van der Waals surface area contributed by atoms with Crippen LogP contribution < -0.4 is 5.32 Å². The van der Waals surface area contributed by atoms with E-state index >= 15 is 0 Å². The molecular formula is C14H17N3. The van der Waals surface area contributed by atoms with Crippen molar-refractivity contribution >= 4 is 0 Å². The SMILES string of the molecule is Cc1c2c(nn1CCc1ccccc1)CNC2. The van der Waals surface area contributed by atoms with Gasteiger partial charge in [-0.2, -0.15) is 5.10 Å². The minimum atomic E-state index is 0.925. The Balaban J connectivity index is 1.74. The lowest BCUT2D eigenvalue weighted by Gasteiger charge is -2.06. The van der Waals surface area contributed by atoms with E-state index in [9.17, 15) is 0 Å². The van der Waals surface area contributed by atoms with Crippen molar-refractivity contribution in [3.05, 3.63) is 52.8 Å². The first kappa shape index (κ1) is 10.5. The van der Waals surface area contributed by atoms with Crippen LogP contribution in [0.15, 0.2) is 30.3 Å². The van der Waals surface area contributed by atoms with Gasteiger partial charge in [-0.15, -0.1) is 0 Å². The number of hydrogen-bond donors (Lipinski definition) is 1. The van der Waals surface area contributed by atoms with E-state index in [0.29, 0.717) is 0 Å². The molecule has 0 aliphatic carbocycles. The van der Waals surface area contributed by atoms with Crippen molar-refractivity contribution in [1.82, 2.24) is 15.1 Å². The van der Waals surface area contributed by atoms with Gasteiger partial charge >= 0.3 is 0 Å². The maximum Gasteiger partial charge on any atom is 0.0810 e. The molecule has 88 valence electrons. The van der Waals surface area contributed by atoms with Gasteiger partial charge in [0.2, 0.25) is 0 Å². The third kappa shape index (κ3) is 1.98. The van der Waals surface area contributed by atoms with Crippen LogP contribution >= 0.6 is 0 Å². The molecule has 0 amide bonds. The van der Waals surface area contributed by atoms with Gasteiger partial charge in [-0.25, -0.2) is 0 Å². The van der Waals surface area contributed by atoms with Gasteiger partial charge in [0.05, 0.1) is 5.69 Å². The average molecular weight is 227 g/mol. The highest BCUT2D eigenvalue weighted by molar-refractivity contribution is 5.28. The predicted octanol–water partition coefficient (Wildman–Crippen LogP) is 2.04. The van der Waals surface area contributed by atoms with Crippen LogP contribution in [0.4, 0.5) is 0 Å². The molecule has 0 atom stereocenters. The highest BCUT2D eigenvalue weighted by Crippen LogP contribution is 2.18. The van der Waals surface area contributed by atoms with E-state index in [1.807, 2.05) is 0 Å². The van der Waals surface area contributed by atoms with Crippen LogP contribution in [0.3, 0.4) is 0 Å². The fourth-order valence-corrected chi connectivity index (χ4v) is 2.42. The third-order valence-electron chi connectivity index (χ3n) is 3.46. The molecule has 0 spiro atoms. The molecule has 2 aromatic rings. The average Bonchev–Trinajstić information content (AvgIpc) is 2.92. The monoisotopic (exact) mass is 227 g/mol. The summed E-state index contributed by atoms with van der Waals surface area (Å²) < 4.78 is 2.15. The van der Waals surface area contributed by atoms with Crippen LogP contribution in [0.2, 0.25) is 0 Å². The number of fused-ring (bicyclic) bond motifs is 1. The Morgan fingerprint density at radius 1 is 1.24 bits per heavy atom. The zero-order valence-corrected chi connectivity index (χ0v) is 10.1. The molecule has 3 rings (SSSR count). The summed E-state index contributed by atoms with van der Waals surface area (Å²) >= 11 is 0. The Kier molecular flexibility index (Phi) is 2.69. The highest BCUT2D eigenvalue weighted by atomic mass is 15.3. The highest BCUT2D eigenvalue weighted by Gasteiger charge is 2.18. The summed E-state index contributed by atoms with van der Waals surface area (Å²) in [4.78, 5) is 0. The summed E-state index contributed by atoms with van der Waals surface area (Å²) in [5.74, 6) is 0. The molecule has 1 aromatic carbocycles. The molecule has 3 nitrogen and oxygen atoms in total. The van der Waals surface area contributed by atoms with Gasteiger partial charge in [-0.05, 0) is 18.9 Å². The Labute approximate surface area is 101 Å². The smallest absolute Gasteiger partial charge is 0.0810 e. The summed E-state index contributed by atoms with van der Waals surface area (Å²) in [5, 5.41) is 7.99. The number of rotatable bonds is 3. The van der Waals surface area contributed by atoms with Crippen molar-refractivity contribution in [2.45, 2.75) is 33.0 Å². The third-order valence-corrected chi connectivity index (χ3v) is 3.46. The molecule has 0 saturated heterocycles. The molecule has 0 saturated carbocycles. The second-order valence-electron chi connectivity index (χ2n) is 4.57. The lowest BCUT2D eigenvalue weighted by Crippen LogP contribution is -2.10. The van der Waals surface area contributed by atoms with Crippen LogP contribution in [0.1, 0.15) is 22.5 Å². The number of aromatic nitrogens is 2. The van der Waals surface area contributed by atoms with Crippen molar-refractivity contribution in [1.29, 1.82) is 0 Å². The van der Waals surface area contributed by atoms with Gasteiger partial charge < -0.3 is 5.32 Å². The van der Waals surface area contributed by atoms with Crippen molar-refractivity contribution in [2.24, 2.45) is 0 Å². The van der Waals surface area contributed by atoms with Crippen molar-refractivity contribution in [3.63, 3.8) is 0 Å². The van der Waals surface area contributed by atoms with E-state index in [1.54, 1.807) is 0 Å². The molecular weight excluding hydrogens is 210 g/mol. The minimum absolute atomic E-state index is 0.925. The van der Waals surface area contributed by atoms with E-state index in [-0.39, 0.29) is 0 Å². The van der Waals surface area contributed by atoms with Gasteiger partial charge in [-0.3, -0.25) is 4.68 Å². The standard InChI is InChI=1S/C14H17N3/c1-11-13-9-15-10-14(13)16-17(11)8-7-12-5-3-2-4-6-12/h2-6,15H,7-10H2,1H3. The normalized spacial score (nSPS) is 13.9. The number of aryl methyl sites for hydroxylation is 2. The van der Waals surface area contributed by atoms with E-state index in [4.69, 9.17) is 0 Å². The molecule has 0 unspecified atom stereocenters. The molecule has 1 aromatic heterocycles. The van der Waals surface area contributed by atoms with E-state index in [2.05, 4.69) is 52.4 Å². The molecule has 2 heterocycles. The molecule has 1 aliphatic heterocycles. The topological polar surface area (TPSA) is 29.9 Å². The van der Waals surface area contributed by atoms with E-state index in [0.717, 1.165) is 26.1 Å². The maximum absolute atomic E-state index is 4.66. The van der Waals surface area contributed by atoms with Crippen molar-refractivity contribution in [2.75, 3.05) is 0 Å². The first-order valence-corrected chi connectivity index (χ1v) is 6.14. The summed E-state index contributed by atoms with van der Waals surface area (Å²) in [6, 6.07) is 10.6. The molecule has 1 aliphatic rings. The van der Waals surface area contributed by atoms with Gasteiger partial charge in [0.15, 0.2) is 0 Å². The van der Waals surface area contributed by atoms with E-state index < -0.39 is 0 Å². The van der Waals surface area contributed by atoms with Crippen LogP contribution in [0, 0.1) is 6.92 Å². The zero-order valence-electron chi connectivity index (χ0n) is 10.1. The van der Waals surface area contributed by atoms with Crippen LogP contribution in [-0.2, 0) is 26.1 Å². The fraction of sp³-hybridized carbons (Fsp3) is 0.357. The van der Waals surface area contributed by atoms with Crippen molar-refractivity contribution < 1.29 is 0 Å². The number of benzene rings is 1. The maximum atomic E-state index is 4.66. The molecule has 3 heteroatoms. The second-order valence-corrected chi connectivity index (χ2v) is 4.57. The lowest BCUT2D eigenvalue weighted by atomic mass is 10.1. The molecule has 1 N–H and O–H groups in total. The largest absolute Gasteiger partial charge is 0.307 e. The summed E-state index contributed by atoms with van der Waals surface area (Å²) in [5.41, 5.74) is 5.33.